The van der Waals surface area contributed by atoms with Crippen molar-refractivity contribution >= 4 is 26.3 Å². The van der Waals surface area contributed by atoms with Crippen LogP contribution in [0.15, 0.2) is 45.5 Å². The van der Waals surface area contributed by atoms with Crippen molar-refractivity contribution in [2.45, 2.75) is 25.3 Å². The van der Waals surface area contributed by atoms with Gasteiger partial charge in [0.1, 0.15) is 0 Å². The fraction of sp³-hybridized carbons (Fsp3) is 0.200. The molecule has 3 aromatic rings. The van der Waals surface area contributed by atoms with Gasteiger partial charge in [0.25, 0.3) is 5.56 Å². The standard InChI is InChI=1S/C15H15N3O3S2/c1-10-3-5-12(6-4-10)9-16-23(20,21)13-11(2)17-15-18(14(13)19)7-8-22-15/h3-8,16H,9H2,1-2H3. The summed E-state index contributed by atoms with van der Waals surface area (Å²) in [4.78, 5) is 16.8. The number of hydrogen-bond donors (Lipinski definition) is 1. The van der Waals surface area contributed by atoms with Crippen LogP contribution in [0.4, 0.5) is 0 Å². The highest BCUT2D eigenvalue weighted by Gasteiger charge is 2.23. The maximum absolute atomic E-state index is 12.5. The number of thiazole rings is 1. The van der Waals surface area contributed by atoms with E-state index in [-0.39, 0.29) is 17.1 Å². The Morgan fingerprint density at radius 3 is 2.61 bits per heavy atom. The average Bonchev–Trinajstić information content (AvgIpc) is 2.95. The first-order valence-corrected chi connectivity index (χ1v) is 9.26. The number of nitrogens with one attached hydrogen (secondary N) is 1. The van der Waals surface area contributed by atoms with Gasteiger partial charge in [-0.05, 0) is 19.4 Å². The van der Waals surface area contributed by atoms with Crippen molar-refractivity contribution in [3.05, 3.63) is 63.0 Å². The van der Waals surface area contributed by atoms with E-state index in [1.807, 2.05) is 31.2 Å². The molecule has 2 heterocycles. The zero-order valence-corrected chi connectivity index (χ0v) is 14.2. The summed E-state index contributed by atoms with van der Waals surface area (Å²) in [7, 11) is -3.94. The van der Waals surface area contributed by atoms with Crippen molar-refractivity contribution in [1.82, 2.24) is 14.1 Å². The Balaban J connectivity index is 1.96. The quantitative estimate of drug-likeness (QED) is 0.779. The average molecular weight is 349 g/mol. The van der Waals surface area contributed by atoms with E-state index in [2.05, 4.69) is 9.71 Å². The summed E-state index contributed by atoms with van der Waals surface area (Å²) in [5.74, 6) is 0. The Morgan fingerprint density at radius 1 is 1.22 bits per heavy atom. The smallest absolute Gasteiger partial charge is 0.267 e. The summed E-state index contributed by atoms with van der Waals surface area (Å²) in [6.07, 6.45) is 1.52. The number of aromatic nitrogens is 2. The van der Waals surface area contributed by atoms with Gasteiger partial charge in [0.05, 0.1) is 5.69 Å². The molecule has 0 spiro atoms. The molecule has 8 heteroatoms. The molecule has 0 atom stereocenters. The number of aryl methyl sites for hydroxylation is 2. The van der Waals surface area contributed by atoms with Crippen LogP contribution in [0.25, 0.3) is 4.96 Å². The zero-order chi connectivity index (χ0) is 16.6. The molecule has 0 aliphatic carbocycles. The molecule has 0 bridgehead atoms. The molecule has 2 aromatic heterocycles. The van der Waals surface area contributed by atoms with E-state index in [1.54, 1.807) is 5.38 Å². The van der Waals surface area contributed by atoms with Gasteiger partial charge in [0, 0.05) is 18.1 Å². The highest BCUT2D eigenvalue weighted by Crippen LogP contribution is 2.13. The van der Waals surface area contributed by atoms with Gasteiger partial charge in [-0.25, -0.2) is 18.1 Å². The molecule has 0 unspecified atom stereocenters. The van der Waals surface area contributed by atoms with E-state index < -0.39 is 15.6 Å². The van der Waals surface area contributed by atoms with Crippen LogP contribution >= 0.6 is 11.3 Å². The Hall–Kier alpha value is -2.03. The lowest BCUT2D eigenvalue weighted by atomic mass is 10.2. The van der Waals surface area contributed by atoms with Crippen LogP contribution in [0.2, 0.25) is 0 Å². The largest absolute Gasteiger partial charge is 0.279 e. The van der Waals surface area contributed by atoms with Gasteiger partial charge in [0.2, 0.25) is 10.0 Å². The van der Waals surface area contributed by atoms with Crippen molar-refractivity contribution in [3.63, 3.8) is 0 Å². The number of sulfonamides is 1. The van der Waals surface area contributed by atoms with Crippen LogP contribution in [0.5, 0.6) is 0 Å². The lowest BCUT2D eigenvalue weighted by Crippen LogP contribution is -2.32. The normalized spacial score (nSPS) is 11.9. The predicted molar refractivity (Wildman–Crippen MR) is 89.3 cm³/mol. The van der Waals surface area contributed by atoms with Crippen molar-refractivity contribution in [3.8, 4) is 0 Å². The van der Waals surface area contributed by atoms with E-state index in [1.165, 1.54) is 28.9 Å². The SMILES string of the molecule is Cc1ccc(CNS(=O)(=O)c2c(C)nc3sccn3c2=O)cc1. The Morgan fingerprint density at radius 2 is 1.91 bits per heavy atom. The highest BCUT2D eigenvalue weighted by atomic mass is 32.2. The molecular formula is C15H15N3O3S2. The van der Waals surface area contributed by atoms with Crippen LogP contribution in [0.3, 0.4) is 0 Å². The van der Waals surface area contributed by atoms with Gasteiger partial charge in [-0.15, -0.1) is 11.3 Å². The predicted octanol–water partition coefficient (Wildman–Crippen LogP) is 1.85. The molecule has 0 amide bonds. The van der Waals surface area contributed by atoms with Crippen molar-refractivity contribution in [1.29, 1.82) is 0 Å². The maximum atomic E-state index is 12.5. The summed E-state index contributed by atoms with van der Waals surface area (Å²) < 4.78 is 28.8. The van der Waals surface area contributed by atoms with Crippen LogP contribution in [0.1, 0.15) is 16.8 Å². The van der Waals surface area contributed by atoms with Gasteiger partial charge in [-0.3, -0.25) is 9.20 Å². The van der Waals surface area contributed by atoms with Crippen molar-refractivity contribution in [2.24, 2.45) is 0 Å². The van der Waals surface area contributed by atoms with Crippen molar-refractivity contribution in [2.75, 3.05) is 0 Å². The van der Waals surface area contributed by atoms with E-state index in [0.717, 1.165) is 11.1 Å². The first-order valence-electron chi connectivity index (χ1n) is 6.90. The lowest BCUT2D eigenvalue weighted by Gasteiger charge is -2.09. The third kappa shape index (κ3) is 3.05. The molecule has 1 aromatic carbocycles. The van der Waals surface area contributed by atoms with Crippen LogP contribution in [-0.4, -0.2) is 17.8 Å². The Kier molecular flexibility index (Phi) is 4.05. The third-order valence-corrected chi connectivity index (χ3v) is 5.74. The number of nitrogens with zero attached hydrogens (tertiary/aromatic N) is 2. The Bertz CT molecular complexity index is 1020. The summed E-state index contributed by atoms with van der Waals surface area (Å²) in [6, 6.07) is 7.50. The molecule has 6 nitrogen and oxygen atoms in total. The van der Waals surface area contributed by atoms with Crippen LogP contribution in [-0.2, 0) is 16.6 Å². The monoisotopic (exact) mass is 349 g/mol. The van der Waals surface area contributed by atoms with Crippen LogP contribution in [0, 0.1) is 13.8 Å². The molecule has 0 saturated heterocycles. The van der Waals surface area contributed by atoms with Gasteiger partial charge >= 0.3 is 0 Å². The van der Waals surface area contributed by atoms with Crippen LogP contribution < -0.4 is 10.3 Å². The summed E-state index contributed by atoms with van der Waals surface area (Å²) in [5.41, 5.74) is 1.54. The molecule has 120 valence electrons. The topological polar surface area (TPSA) is 80.5 Å². The summed E-state index contributed by atoms with van der Waals surface area (Å²) in [6.45, 7) is 3.61. The second-order valence-electron chi connectivity index (χ2n) is 5.20. The zero-order valence-electron chi connectivity index (χ0n) is 12.6. The fourth-order valence-electron chi connectivity index (χ4n) is 2.23. The molecule has 0 aliphatic rings. The van der Waals surface area contributed by atoms with E-state index >= 15 is 0 Å². The van der Waals surface area contributed by atoms with E-state index in [4.69, 9.17) is 0 Å². The summed E-state index contributed by atoms with van der Waals surface area (Å²) >= 11 is 1.28. The minimum absolute atomic E-state index is 0.119. The molecule has 0 radical (unpaired) electrons. The molecular weight excluding hydrogens is 334 g/mol. The van der Waals surface area contributed by atoms with Gasteiger partial charge in [-0.2, -0.15) is 0 Å². The van der Waals surface area contributed by atoms with E-state index in [9.17, 15) is 13.2 Å². The third-order valence-electron chi connectivity index (χ3n) is 3.45. The highest BCUT2D eigenvalue weighted by molar-refractivity contribution is 7.89. The summed E-state index contributed by atoms with van der Waals surface area (Å²) in [5, 5.41) is 1.69. The molecule has 0 fully saturated rings. The first-order chi connectivity index (χ1) is 10.9. The molecule has 1 N–H and O–H groups in total. The fourth-order valence-corrected chi connectivity index (χ4v) is 4.25. The number of rotatable bonds is 4. The molecule has 0 aliphatic heterocycles. The van der Waals surface area contributed by atoms with Crippen molar-refractivity contribution < 1.29 is 8.42 Å². The van der Waals surface area contributed by atoms with Gasteiger partial charge in [0.15, 0.2) is 9.86 Å². The second-order valence-corrected chi connectivity index (χ2v) is 7.77. The molecule has 0 saturated carbocycles. The molecule has 23 heavy (non-hydrogen) atoms. The number of fused-ring (bicyclic) bond motifs is 1. The minimum atomic E-state index is -3.94. The Labute approximate surface area is 137 Å². The van der Waals surface area contributed by atoms with Gasteiger partial charge < -0.3 is 0 Å². The van der Waals surface area contributed by atoms with E-state index in [0.29, 0.717) is 4.96 Å². The minimum Gasteiger partial charge on any atom is -0.267 e. The number of hydrogen-bond acceptors (Lipinski definition) is 5. The lowest BCUT2D eigenvalue weighted by molar-refractivity contribution is 0.578. The first kappa shape index (κ1) is 15.9. The second kappa shape index (κ2) is 5.88. The maximum Gasteiger partial charge on any atom is 0.279 e. The van der Waals surface area contributed by atoms with Gasteiger partial charge in [-0.1, -0.05) is 29.8 Å². The molecule has 3 rings (SSSR count). The number of benzene rings is 1.